The first kappa shape index (κ1) is 27.2. The number of benzene rings is 1. The van der Waals surface area contributed by atoms with Crippen molar-refractivity contribution < 1.29 is 31.5 Å². The predicted molar refractivity (Wildman–Crippen MR) is 117 cm³/mol. The second-order valence-corrected chi connectivity index (χ2v) is 12.6. The summed E-state index contributed by atoms with van der Waals surface area (Å²) in [6.07, 6.45) is -3.08. The molecule has 0 saturated carbocycles. The monoisotopic (exact) mass is 539 g/mol. The number of hydrogen-bond donors (Lipinski definition) is 1. The molecule has 6 nitrogen and oxygen atoms in total. The number of halogens is 3. The molecule has 1 aliphatic heterocycles. The Balaban J connectivity index is 2.18. The molecule has 1 N–H and O–H groups in total. The Kier molecular flexibility index (Phi) is 9.64. The summed E-state index contributed by atoms with van der Waals surface area (Å²) in [4.78, 5) is 14.2. The number of nitrogens with zero attached hydrogens (tertiary/aromatic N) is 2. The van der Waals surface area contributed by atoms with Gasteiger partial charge in [-0.15, -0.1) is 0 Å². The molecule has 181 valence electrons. The first-order chi connectivity index (χ1) is 14.9. The van der Waals surface area contributed by atoms with Crippen molar-refractivity contribution in [2.75, 3.05) is 26.2 Å². The number of aliphatic hydroxyl groups is 1. The normalized spacial score (nSPS) is 17.6. The molecule has 11 heteroatoms. The summed E-state index contributed by atoms with van der Waals surface area (Å²) in [5, 5.41) is 9.44. The van der Waals surface area contributed by atoms with Crippen LogP contribution in [0.2, 0.25) is 10.4 Å². The van der Waals surface area contributed by atoms with E-state index in [1.807, 2.05) is 0 Å². The molecule has 1 heterocycles. The van der Waals surface area contributed by atoms with E-state index in [4.69, 9.17) is 0 Å². The fourth-order valence-electron chi connectivity index (χ4n) is 3.91. The van der Waals surface area contributed by atoms with Gasteiger partial charge in [0, 0.05) is 0 Å². The molecule has 1 saturated heterocycles. The summed E-state index contributed by atoms with van der Waals surface area (Å²) in [6.45, 7) is 4.27. The third kappa shape index (κ3) is 6.71. The van der Waals surface area contributed by atoms with E-state index in [1.54, 1.807) is 4.90 Å². The van der Waals surface area contributed by atoms with Gasteiger partial charge in [0.2, 0.25) is 0 Å². The van der Waals surface area contributed by atoms with Gasteiger partial charge >= 0.3 is 182 Å². The van der Waals surface area contributed by atoms with Crippen LogP contribution in [0.1, 0.15) is 38.7 Å². The quantitative estimate of drug-likeness (QED) is 0.489. The van der Waals surface area contributed by atoms with Gasteiger partial charge < -0.3 is 0 Å². The zero-order valence-electron chi connectivity index (χ0n) is 18.5. The van der Waals surface area contributed by atoms with Crippen molar-refractivity contribution >= 4 is 31.7 Å². The van der Waals surface area contributed by atoms with Crippen LogP contribution in [-0.4, -0.2) is 76.7 Å². The molecule has 1 aromatic carbocycles. The van der Waals surface area contributed by atoms with Crippen molar-refractivity contribution in [1.29, 1.82) is 0 Å². The molecule has 1 unspecified atom stereocenters. The van der Waals surface area contributed by atoms with Gasteiger partial charge in [-0.1, -0.05) is 0 Å². The maximum absolute atomic E-state index is 13.2. The van der Waals surface area contributed by atoms with Crippen LogP contribution in [0.25, 0.3) is 0 Å². The van der Waals surface area contributed by atoms with Crippen molar-refractivity contribution in [2.45, 2.75) is 60.6 Å². The summed E-state index contributed by atoms with van der Waals surface area (Å²) in [5.41, 5.74) is 1.03. The topological polar surface area (TPSA) is 77.9 Å². The van der Waals surface area contributed by atoms with Gasteiger partial charge in [-0.05, 0) is 0 Å². The van der Waals surface area contributed by atoms with Crippen molar-refractivity contribution in [1.82, 2.24) is 9.21 Å². The van der Waals surface area contributed by atoms with Crippen LogP contribution in [0.5, 0.6) is 0 Å². The Bertz CT molecular complexity index is 872. The number of likely N-dealkylation sites (tertiary alicyclic amines) is 1. The summed E-state index contributed by atoms with van der Waals surface area (Å²) < 4.78 is 66.6. The molecule has 1 radical (unpaired) electrons. The SMILES string of the molecule is C[As]C(CC(C)C)C(=O)N1CCC(N(CCO)S(=O)(=O)c2cccc(C(F)(F)F)c2)CC1. The van der Waals surface area contributed by atoms with Gasteiger partial charge in [0.25, 0.3) is 0 Å². The number of carbonyl (C=O) groups is 1. The van der Waals surface area contributed by atoms with E-state index < -0.39 is 39.3 Å². The molecule has 1 atom stereocenters. The van der Waals surface area contributed by atoms with Crippen molar-refractivity contribution in [3.63, 3.8) is 0 Å². The molecule has 0 aromatic heterocycles. The fourth-order valence-corrected chi connectivity index (χ4v) is 7.77. The van der Waals surface area contributed by atoms with E-state index >= 15 is 0 Å². The van der Waals surface area contributed by atoms with Crippen molar-refractivity contribution in [3.05, 3.63) is 29.8 Å². The molecule has 0 spiro atoms. The standard InChI is InChI=1S/C21H31AsF3N2O4S/c1-15(2)13-19(22-3)20(29)26-9-7-17(8-10-26)27(11-12-28)32(30,31)18-6-4-5-16(14-18)21(23,24)25/h4-6,14-15,17,19,28H,7-13H2,1-3H3. The predicted octanol–water partition coefficient (Wildman–Crippen LogP) is 3.27. The molecule has 0 bridgehead atoms. The van der Waals surface area contributed by atoms with Gasteiger partial charge in [-0.25, -0.2) is 0 Å². The average molecular weight is 539 g/mol. The maximum atomic E-state index is 13.2. The van der Waals surface area contributed by atoms with Gasteiger partial charge in [0.05, 0.1) is 0 Å². The first-order valence-corrected chi connectivity index (χ1v) is 15.0. The zero-order valence-corrected chi connectivity index (χ0v) is 21.2. The Morgan fingerprint density at radius 3 is 2.41 bits per heavy atom. The third-order valence-corrected chi connectivity index (χ3v) is 9.72. The summed E-state index contributed by atoms with van der Waals surface area (Å²) in [5.74, 6) is 0.517. The average Bonchev–Trinajstić information content (AvgIpc) is 2.74. The fraction of sp³-hybridized carbons (Fsp3) is 0.667. The number of hydrogen-bond acceptors (Lipinski definition) is 4. The minimum absolute atomic E-state index is 0.0187. The molecule has 1 aliphatic rings. The van der Waals surface area contributed by atoms with E-state index in [0.29, 0.717) is 37.9 Å². The van der Waals surface area contributed by atoms with Crippen molar-refractivity contribution in [3.8, 4) is 0 Å². The molecule has 1 amide bonds. The van der Waals surface area contributed by atoms with Gasteiger partial charge in [-0.2, -0.15) is 13.2 Å². The van der Waals surface area contributed by atoms with Gasteiger partial charge in [0.15, 0.2) is 0 Å². The van der Waals surface area contributed by atoms with E-state index in [9.17, 15) is 31.5 Å². The summed E-state index contributed by atoms with van der Waals surface area (Å²) in [6, 6.07) is 3.15. The molecule has 0 aliphatic carbocycles. The van der Waals surface area contributed by atoms with Crippen LogP contribution < -0.4 is 0 Å². The number of amides is 1. The molecule has 2 rings (SSSR count). The van der Waals surface area contributed by atoms with Crippen LogP contribution in [0.15, 0.2) is 29.2 Å². The van der Waals surface area contributed by atoms with Crippen LogP contribution in [0.3, 0.4) is 0 Å². The zero-order chi connectivity index (χ0) is 24.1. The van der Waals surface area contributed by atoms with Crippen LogP contribution in [-0.2, 0) is 21.0 Å². The summed E-state index contributed by atoms with van der Waals surface area (Å²) >= 11 is -0.126. The van der Waals surface area contributed by atoms with Crippen LogP contribution in [0, 0.1) is 5.92 Å². The summed E-state index contributed by atoms with van der Waals surface area (Å²) in [7, 11) is -4.25. The third-order valence-electron chi connectivity index (χ3n) is 5.56. The van der Waals surface area contributed by atoms with Crippen molar-refractivity contribution in [2.24, 2.45) is 5.92 Å². The van der Waals surface area contributed by atoms with Crippen LogP contribution in [0.4, 0.5) is 13.2 Å². The Labute approximate surface area is 194 Å². The molecule has 1 aromatic rings. The van der Waals surface area contributed by atoms with E-state index in [0.717, 1.165) is 28.9 Å². The molecular weight excluding hydrogens is 508 g/mol. The number of alkyl halides is 3. The van der Waals surface area contributed by atoms with Gasteiger partial charge in [0.1, 0.15) is 0 Å². The molecule has 32 heavy (non-hydrogen) atoms. The number of carbonyl (C=O) groups excluding carboxylic acids is 1. The number of piperidine rings is 1. The molecular formula is C21H31AsF3N2O4S. The first-order valence-electron chi connectivity index (χ1n) is 10.6. The molecule has 1 fully saturated rings. The van der Waals surface area contributed by atoms with Crippen LogP contribution >= 0.6 is 0 Å². The van der Waals surface area contributed by atoms with E-state index in [-0.39, 0.29) is 32.9 Å². The van der Waals surface area contributed by atoms with E-state index in [1.165, 1.54) is 0 Å². The van der Waals surface area contributed by atoms with E-state index in [2.05, 4.69) is 19.6 Å². The number of rotatable bonds is 9. The number of sulfonamides is 1. The Morgan fingerprint density at radius 2 is 1.91 bits per heavy atom. The Hall–Kier alpha value is -1.09. The minimum atomic E-state index is -4.66. The second kappa shape index (κ2) is 11.4. The second-order valence-electron chi connectivity index (χ2n) is 8.32. The number of aliphatic hydroxyl groups excluding tert-OH is 1. The van der Waals surface area contributed by atoms with Gasteiger partial charge in [-0.3, -0.25) is 0 Å². The Morgan fingerprint density at radius 1 is 1.28 bits per heavy atom.